The van der Waals surface area contributed by atoms with E-state index in [-0.39, 0.29) is 27.1 Å². The highest BCUT2D eigenvalue weighted by Gasteiger charge is 2.25. The zero-order valence-electron chi connectivity index (χ0n) is 23.2. The van der Waals surface area contributed by atoms with E-state index in [1.807, 2.05) is 44.2 Å². The molecule has 0 radical (unpaired) electrons. The summed E-state index contributed by atoms with van der Waals surface area (Å²) in [7, 11) is -6.09. The summed E-state index contributed by atoms with van der Waals surface area (Å²) in [5, 5.41) is 3.88. The van der Waals surface area contributed by atoms with Crippen molar-refractivity contribution in [2.75, 3.05) is 11.1 Å². The second-order valence-corrected chi connectivity index (χ2v) is 14.1. The number of nitrogens with one attached hydrogen (secondary N) is 1. The molecule has 5 rings (SSSR count). The van der Waals surface area contributed by atoms with Gasteiger partial charge >= 0.3 is 0 Å². The highest BCUT2D eigenvalue weighted by Crippen LogP contribution is 2.37. The predicted octanol–water partition coefficient (Wildman–Crippen LogP) is 5.52. The monoisotopic (exact) mass is 589 g/mol. The Kier molecular flexibility index (Phi) is 7.39. The Morgan fingerprint density at radius 2 is 1.51 bits per heavy atom. The molecule has 3 aromatic carbocycles. The quantitative estimate of drug-likeness (QED) is 0.256. The first-order valence-electron chi connectivity index (χ1n) is 13.2. The van der Waals surface area contributed by atoms with E-state index in [1.54, 1.807) is 56.6 Å². The van der Waals surface area contributed by atoms with E-state index in [2.05, 4.69) is 5.32 Å². The summed E-state index contributed by atoms with van der Waals surface area (Å²) in [5.41, 5.74) is 3.14. The minimum absolute atomic E-state index is 0.0172. The minimum Gasteiger partial charge on any atom is -0.378 e. The first kappa shape index (κ1) is 28.4. The smallest absolute Gasteiger partial charge is 0.275 e. The normalized spacial score (nSPS) is 12.9. The van der Waals surface area contributed by atoms with Crippen LogP contribution in [0.3, 0.4) is 0 Å². The zero-order valence-corrected chi connectivity index (χ0v) is 24.8. The zero-order chi connectivity index (χ0) is 29.5. The molecule has 41 heavy (non-hydrogen) atoms. The summed E-state index contributed by atoms with van der Waals surface area (Å²) >= 11 is 0. The molecule has 1 atom stereocenters. The highest BCUT2D eigenvalue weighted by molar-refractivity contribution is 7.91. The maximum absolute atomic E-state index is 13.6. The van der Waals surface area contributed by atoms with Crippen molar-refractivity contribution in [3.63, 3.8) is 0 Å². The number of hydrogen-bond donors (Lipinski definition) is 1. The Balaban J connectivity index is 1.76. The van der Waals surface area contributed by atoms with E-state index in [0.717, 1.165) is 15.1 Å². The fourth-order valence-corrected chi connectivity index (χ4v) is 7.11. The standard InChI is InChI=1S/C31H31N3O5S2/c1-5-40(36,37)25-15-16-29(32-22(3)23-9-7-6-8-10-23)27(19-25)28-20-33(4)31(35)30-26(28)17-18-34(30)41(38,39)24-13-11-21(2)12-14-24/h6-20,22,32H,5H2,1-4H3/t22-/m1/s1. The van der Waals surface area contributed by atoms with Gasteiger partial charge in [0.15, 0.2) is 9.84 Å². The summed E-state index contributed by atoms with van der Waals surface area (Å²) < 4.78 is 55.4. The van der Waals surface area contributed by atoms with Crippen LogP contribution in [0.5, 0.6) is 0 Å². The molecule has 212 valence electrons. The van der Waals surface area contributed by atoms with Crippen LogP contribution in [0.2, 0.25) is 0 Å². The second-order valence-electron chi connectivity index (χ2n) is 10.0. The van der Waals surface area contributed by atoms with Crippen molar-refractivity contribution in [2.24, 2.45) is 7.05 Å². The number of pyridine rings is 1. The third-order valence-electron chi connectivity index (χ3n) is 7.26. The molecule has 0 amide bonds. The third kappa shape index (κ3) is 5.20. The average molecular weight is 590 g/mol. The van der Waals surface area contributed by atoms with Crippen molar-refractivity contribution < 1.29 is 16.8 Å². The van der Waals surface area contributed by atoms with Gasteiger partial charge in [0, 0.05) is 47.7 Å². The number of rotatable bonds is 8. The Morgan fingerprint density at radius 1 is 0.854 bits per heavy atom. The molecule has 0 bridgehead atoms. The van der Waals surface area contributed by atoms with Crippen molar-refractivity contribution in [1.29, 1.82) is 0 Å². The molecule has 5 aromatic rings. The lowest BCUT2D eigenvalue weighted by Gasteiger charge is -2.20. The Bertz CT molecular complexity index is 2030. The van der Waals surface area contributed by atoms with Crippen molar-refractivity contribution in [3.05, 3.63) is 113 Å². The lowest BCUT2D eigenvalue weighted by Crippen LogP contribution is -2.22. The van der Waals surface area contributed by atoms with Crippen LogP contribution < -0.4 is 10.9 Å². The number of sulfone groups is 1. The van der Waals surface area contributed by atoms with E-state index < -0.39 is 25.4 Å². The van der Waals surface area contributed by atoms with Gasteiger partial charge in [0.05, 0.1) is 15.5 Å². The summed E-state index contributed by atoms with van der Waals surface area (Å²) in [5.74, 6) is -0.0759. The lowest BCUT2D eigenvalue weighted by atomic mass is 10.0. The highest BCUT2D eigenvalue weighted by atomic mass is 32.2. The van der Waals surface area contributed by atoms with Gasteiger partial charge in [-0.1, -0.05) is 55.0 Å². The maximum Gasteiger partial charge on any atom is 0.275 e. The van der Waals surface area contributed by atoms with Crippen LogP contribution in [0.15, 0.2) is 106 Å². The third-order valence-corrected chi connectivity index (χ3v) is 10.7. The molecule has 10 heteroatoms. The van der Waals surface area contributed by atoms with Crippen LogP contribution in [-0.2, 0) is 26.9 Å². The van der Waals surface area contributed by atoms with Crippen molar-refractivity contribution in [3.8, 4) is 11.1 Å². The fraction of sp³-hybridized carbons (Fsp3) is 0.194. The molecule has 0 saturated carbocycles. The number of fused-ring (bicyclic) bond motifs is 1. The van der Waals surface area contributed by atoms with Gasteiger partial charge in [0.1, 0.15) is 5.52 Å². The second kappa shape index (κ2) is 10.7. The molecule has 2 heterocycles. The SMILES string of the molecule is CCS(=O)(=O)c1ccc(N[C@H](C)c2ccccc2)c(-c2cn(C)c(=O)c3c2ccn3S(=O)(=O)c2ccc(C)cc2)c1. The number of aromatic nitrogens is 2. The van der Waals surface area contributed by atoms with Crippen LogP contribution in [0, 0.1) is 6.92 Å². The summed E-state index contributed by atoms with van der Waals surface area (Å²) in [6.45, 7) is 5.44. The van der Waals surface area contributed by atoms with E-state index in [0.29, 0.717) is 22.2 Å². The van der Waals surface area contributed by atoms with E-state index in [1.165, 1.54) is 22.9 Å². The van der Waals surface area contributed by atoms with Crippen LogP contribution in [0.1, 0.15) is 31.0 Å². The van der Waals surface area contributed by atoms with E-state index in [9.17, 15) is 21.6 Å². The first-order valence-corrected chi connectivity index (χ1v) is 16.2. The molecule has 8 nitrogen and oxygen atoms in total. The molecule has 0 aliphatic rings. The van der Waals surface area contributed by atoms with Gasteiger partial charge in [-0.05, 0) is 55.8 Å². The van der Waals surface area contributed by atoms with Gasteiger partial charge in [-0.15, -0.1) is 0 Å². The summed E-state index contributed by atoms with van der Waals surface area (Å²) in [6, 6.07) is 22.6. The molecule has 1 N–H and O–H groups in total. The van der Waals surface area contributed by atoms with Crippen molar-refractivity contribution in [2.45, 2.75) is 36.6 Å². The molecular formula is C31H31N3O5S2. The summed E-state index contributed by atoms with van der Waals surface area (Å²) in [6.07, 6.45) is 2.99. The van der Waals surface area contributed by atoms with Gasteiger partial charge in [-0.25, -0.2) is 20.8 Å². The van der Waals surface area contributed by atoms with Crippen LogP contribution >= 0.6 is 0 Å². The maximum atomic E-state index is 13.6. The van der Waals surface area contributed by atoms with E-state index in [4.69, 9.17) is 0 Å². The van der Waals surface area contributed by atoms with Crippen LogP contribution in [0.25, 0.3) is 22.0 Å². The predicted molar refractivity (Wildman–Crippen MR) is 163 cm³/mol. The van der Waals surface area contributed by atoms with Gasteiger partial charge in [-0.2, -0.15) is 0 Å². The van der Waals surface area contributed by atoms with Crippen LogP contribution in [-0.4, -0.2) is 31.1 Å². The number of nitrogens with zero attached hydrogens (tertiary/aromatic N) is 2. The Hall–Kier alpha value is -4.15. The van der Waals surface area contributed by atoms with Gasteiger partial charge in [-0.3, -0.25) is 4.79 Å². The number of hydrogen-bond acceptors (Lipinski definition) is 6. The molecule has 0 saturated heterocycles. The van der Waals surface area contributed by atoms with E-state index >= 15 is 0 Å². The first-order chi connectivity index (χ1) is 19.4. The molecule has 0 fully saturated rings. The summed E-state index contributed by atoms with van der Waals surface area (Å²) in [4.78, 5) is 13.6. The Morgan fingerprint density at radius 3 is 2.17 bits per heavy atom. The lowest BCUT2D eigenvalue weighted by molar-refractivity contribution is 0.588. The number of benzene rings is 3. The molecule has 2 aromatic heterocycles. The number of aryl methyl sites for hydroxylation is 2. The molecular weight excluding hydrogens is 558 g/mol. The molecule has 0 unspecified atom stereocenters. The van der Waals surface area contributed by atoms with Gasteiger partial charge in [0.2, 0.25) is 0 Å². The van der Waals surface area contributed by atoms with Crippen LogP contribution in [0.4, 0.5) is 5.69 Å². The Labute approximate surface area is 239 Å². The minimum atomic E-state index is -4.09. The average Bonchev–Trinajstić information content (AvgIpc) is 3.42. The molecule has 0 aliphatic carbocycles. The van der Waals surface area contributed by atoms with Crippen molar-refractivity contribution in [1.82, 2.24) is 8.54 Å². The molecule has 0 spiro atoms. The fourth-order valence-electron chi connectivity index (χ4n) is 4.86. The largest absolute Gasteiger partial charge is 0.378 e. The van der Waals surface area contributed by atoms with Gasteiger partial charge < -0.3 is 9.88 Å². The number of anilines is 1. The van der Waals surface area contributed by atoms with Gasteiger partial charge in [0.25, 0.3) is 15.6 Å². The van der Waals surface area contributed by atoms with Crippen molar-refractivity contribution >= 4 is 36.5 Å². The topological polar surface area (TPSA) is 107 Å². The molecule has 0 aliphatic heterocycles.